The molecule has 3 fully saturated rings. The van der Waals surface area contributed by atoms with Crippen molar-refractivity contribution < 1.29 is 0 Å². The first kappa shape index (κ1) is 14.3. The molecular formula is C20H33N. The molecule has 1 nitrogen and oxygen atoms in total. The fraction of sp³-hybridized carbons (Fsp3) is 0.900. The van der Waals surface area contributed by atoms with Gasteiger partial charge in [0.05, 0.1) is 0 Å². The van der Waals surface area contributed by atoms with Crippen LogP contribution >= 0.6 is 0 Å². The van der Waals surface area contributed by atoms with Crippen molar-refractivity contribution >= 4 is 0 Å². The molecule has 0 radical (unpaired) electrons. The summed E-state index contributed by atoms with van der Waals surface area (Å²) in [4.78, 5) is 2.80. The normalized spacial score (nSPS) is 45.0. The largest absolute Gasteiger partial charge is 0.298 e. The van der Waals surface area contributed by atoms with Crippen molar-refractivity contribution in [3.8, 4) is 0 Å². The number of piperidine rings is 1. The van der Waals surface area contributed by atoms with Gasteiger partial charge in [0.15, 0.2) is 0 Å². The molecule has 21 heavy (non-hydrogen) atoms. The topological polar surface area (TPSA) is 3.24 Å². The van der Waals surface area contributed by atoms with Crippen LogP contribution in [0.3, 0.4) is 0 Å². The average Bonchev–Trinajstić information content (AvgIpc) is 3.27. The van der Waals surface area contributed by atoms with Gasteiger partial charge in [0.1, 0.15) is 0 Å². The number of hydrogen-bond donors (Lipinski definition) is 0. The molecule has 1 spiro atoms. The number of hydrogen-bond acceptors (Lipinski definition) is 1. The predicted molar refractivity (Wildman–Crippen MR) is 89.1 cm³/mol. The van der Waals surface area contributed by atoms with Gasteiger partial charge in [-0.3, -0.25) is 4.90 Å². The molecule has 1 heteroatoms. The van der Waals surface area contributed by atoms with E-state index in [1.165, 1.54) is 25.8 Å². The Morgan fingerprint density at radius 1 is 0.952 bits per heavy atom. The van der Waals surface area contributed by atoms with Gasteiger partial charge < -0.3 is 0 Å². The molecule has 3 aliphatic carbocycles. The first-order valence-electron chi connectivity index (χ1n) is 9.39. The van der Waals surface area contributed by atoms with Crippen molar-refractivity contribution in [1.82, 2.24) is 4.90 Å². The molecule has 5 atom stereocenters. The quantitative estimate of drug-likeness (QED) is 0.678. The summed E-state index contributed by atoms with van der Waals surface area (Å²) < 4.78 is 0. The Kier molecular flexibility index (Phi) is 2.98. The molecule has 2 saturated carbocycles. The molecule has 0 aromatic heterocycles. The number of nitrogens with zero attached hydrogens (tertiary/aromatic N) is 1. The Balaban J connectivity index is 1.73. The van der Waals surface area contributed by atoms with Gasteiger partial charge in [-0.15, -0.1) is 0 Å². The predicted octanol–water partition coefficient (Wildman–Crippen LogP) is 4.73. The van der Waals surface area contributed by atoms with E-state index in [2.05, 4.69) is 46.4 Å². The summed E-state index contributed by atoms with van der Waals surface area (Å²) in [7, 11) is 0. The maximum Gasteiger partial charge on any atom is 0.0139 e. The maximum atomic E-state index is 2.80. The smallest absolute Gasteiger partial charge is 0.0139 e. The molecule has 1 heterocycles. The zero-order valence-electron chi connectivity index (χ0n) is 14.8. The van der Waals surface area contributed by atoms with Crippen LogP contribution in [-0.2, 0) is 0 Å². The number of fused-ring (bicyclic) bond motifs is 4. The highest BCUT2D eigenvalue weighted by Crippen LogP contribution is 2.76. The minimum atomic E-state index is 0.633. The summed E-state index contributed by atoms with van der Waals surface area (Å²) in [5, 5.41) is 0. The van der Waals surface area contributed by atoms with Crippen LogP contribution in [0.2, 0.25) is 0 Å². The second-order valence-corrected chi connectivity index (χ2v) is 9.16. The van der Waals surface area contributed by atoms with Gasteiger partial charge in [-0.2, -0.15) is 0 Å². The summed E-state index contributed by atoms with van der Waals surface area (Å²) in [5.41, 5.74) is 4.47. The Bertz CT molecular complexity index is 486. The van der Waals surface area contributed by atoms with E-state index in [4.69, 9.17) is 0 Å². The summed E-state index contributed by atoms with van der Waals surface area (Å²) in [6.45, 7) is 16.0. The second kappa shape index (κ2) is 4.37. The third-order valence-electron chi connectivity index (χ3n) is 7.15. The monoisotopic (exact) mass is 287 g/mol. The molecule has 4 rings (SSSR count). The number of allylic oxidation sites excluding steroid dienone is 2. The van der Waals surface area contributed by atoms with Gasteiger partial charge in [0.2, 0.25) is 0 Å². The third-order valence-corrected chi connectivity index (χ3v) is 7.15. The Morgan fingerprint density at radius 3 is 2.24 bits per heavy atom. The fourth-order valence-electron chi connectivity index (χ4n) is 6.59. The second-order valence-electron chi connectivity index (χ2n) is 9.16. The zero-order chi connectivity index (χ0) is 15.1. The van der Waals surface area contributed by atoms with Crippen LogP contribution in [0.1, 0.15) is 60.8 Å². The summed E-state index contributed by atoms with van der Waals surface area (Å²) in [6, 6.07) is 1.66. The molecule has 1 saturated heterocycles. The maximum absolute atomic E-state index is 2.80. The lowest BCUT2D eigenvalue weighted by molar-refractivity contribution is 0.0798. The number of rotatable bonds is 3. The third kappa shape index (κ3) is 1.73. The summed E-state index contributed by atoms with van der Waals surface area (Å²) in [5.74, 6) is 4.56. The van der Waals surface area contributed by atoms with E-state index in [-0.39, 0.29) is 0 Å². The summed E-state index contributed by atoms with van der Waals surface area (Å²) in [6.07, 6.45) is 4.47. The van der Waals surface area contributed by atoms with Crippen LogP contribution in [0.15, 0.2) is 11.1 Å². The van der Waals surface area contributed by atoms with Gasteiger partial charge in [0, 0.05) is 17.5 Å². The fourth-order valence-corrected chi connectivity index (χ4v) is 6.59. The van der Waals surface area contributed by atoms with Gasteiger partial charge in [-0.1, -0.05) is 38.8 Å². The molecule has 118 valence electrons. The molecule has 0 bridgehead atoms. The Labute approximate surface area is 131 Å². The van der Waals surface area contributed by atoms with Gasteiger partial charge in [-0.25, -0.2) is 0 Å². The van der Waals surface area contributed by atoms with E-state index in [0.717, 1.165) is 41.7 Å². The van der Waals surface area contributed by atoms with Crippen molar-refractivity contribution in [2.45, 2.75) is 72.9 Å². The molecule has 1 aliphatic heterocycles. The van der Waals surface area contributed by atoms with Crippen molar-refractivity contribution in [2.75, 3.05) is 6.54 Å². The van der Waals surface area contributed by atoms with E-state index >= 15 is 0 Å². The van der Waals surface area contributed by atoms with Crippen molar-refractivity contribution in [3.63, 3.8) is 0 Å². The standard InChI is InChI=1S/C20H33N/c1-11(2)18-14-9-15(14)20(19(18)12(3)4)7-8-21(13(5)6)17-10-16(17)20/h11-17H,7-10H2,1-6H3/t14-,15+,16-,17+,20+/m1/s1. The van der Waals surface area contributed by atoms with Gasteiger partial charge >= 0.3 is 0 Å². The van der Waals surface area contributed by atoms with E-state index < -0.39 is 0 Å². The van der Waals surface area contributed by atoms with E-state index in [9.17, 15) is 0 Å². The lowest BCUT2D eigenvalue weighted by Crippen LogP contribution is -2.46. The highest BCUT2D eigenvalue weighted by atomic mass is 15.2. The van der Waals surface area contributed by atoms with Crippen LogP contribution in [0.5, 0.6) is 0 Å². The number of likely N-dealkylation sites (tertiary alicyclic amines) is 1. The average molecular weight is 287 g/mol. The van der Waals surface area contributed by atoms with Gasteiger partial charge in [0.25, 0.3) is 0 Å². The van der Waals surface area contributed by atoms with Crippen LogP contribution < -0.4 is 0 Å². The molecule has 0 unspecified atom stereocenters. The van der Waals surface area contributed by atoms with Crippen molar-refractivity contribution in [3.05, 3.63) is 11.1 Å². The lowest BCUT2D eigenvalue weighted by atomic mass is 9.65. The van der Waals surface area contributed by atoms with E-state index in [0.29, 0.717) is 5.41 Å². The molecular weight excluding hydrogens is 254 g/mol. The molecule has 0 aromatic carbocycles. The van der Waals surface area contributed by atoms with Gasteiger partial charge in [-0.05, 0) is 69.2 Å². The van der Waals surface area contributed by atoms with Crippen LogP contribution in [-0.4, -0.2) is 23.5 Å². The first-order valence-corrected chi connectivity index (χ1v) is 9.39. The molecule has 4 aliphatic rings. The van der Waals surface area contributed by atoms with Crippen molar-refractivity contribution in [1.29, 1.82) is 0 Å². The highest BCUT2D eigenvalue weighted by Gasteiger charge is 2.71. The summed E-state index contributed by atoms with van der Waals surface area (Å²) >= 11 is 0. The molecule has 0 N–H and O–H groups in total. The molecule has 0 aromatic rings. The van der Waals surface area contributed by atoms with E-state index in [1.807, 2.05) is 11.1 Å². The van der Waals surface area contributed by atoms with Crippen LogP contribution in [0.25, 0.3) is 0 Å². The minimum absolute atomic E-state index is 0.633. The SMILES string of the molecule is CC(C)C1=C(C(C)C)[C@@]2(CCN(C(C)C)[C@H]3C[C@H]32)[C@H]2C[C@@H]12. The van der Waals surface area contributed by atoms with E-state index in [1.54, 1.807) is 0 Å². The zero-order valence-corrected chi connectivity index (χ0v) is 14.8. The molecule has 0 amide bonds. The first-order chi connectivity index (χ1) is 9.89. The lowest BCUT2D eigenvalue weighted by Gasteiger charge is -2.45. The highest BCUT2D eigenvalue weighted by molar-refractivity contribution is 5.44. The van der Waals surface area contributed by atoms with Crippen molar-refractivity contribution in [2.24, 2.45) is 35.0 Å². The Morgan fingerprint density at radius 2 is 1.67 bits per heavy atom. The Hall–Kier alpha value is -0.300. The minimum Gasteiger partial charge on any atom is -0.298 e. The van der Waals surface area contributed by atoms with Crippen LogP contribution in [0.4, 0.5) is 0 Å². The van der Waals surface area contributed by atoms with Crippen LogP contribution in [0, 0.1) is 35.0 Å².